The van der Waals surface area contributed by atoms with Crippen LogP contribution >= 0.6 is 12.2 Å². The summed E-state index contributed by atoms with van der Waals surface area (Å²) in [5.41, 5.74) is 2.52. The fraction of sp³-hybridized carbons (Fsp3) is 0.211. The van der Waals surface area contributed by atoms with Crippen LogP contribution in [0.1, 0.15) is 0 Å². The van der Waals surface area contributed by atoms with Crippen molar-refractivity contribution in [1.29, 1.82) is 0 Å². The first-order valence-corrected chi connectivity index (χ1v) is 8.98. The van der Waals surface area contributed by atoms with Crippen LogP contribution < -0.4 is 16.0 Å². The molecule has 0 spiro atoms. The van der Waals surface area contributed by atoms with Crippen LogP contribution in [0, 0.1) is 0 Å². The minimum Gasteiger partial charge on any atom is -0.474 e. The number of hydrogen-bond acceptors (Lipinski definition) is 6. The van der Waals surface area contributed by atoms with E-state index in [1.165, 1.54) is 16.6 Å². The van der Waals surface area contributed by atoms with Crippen molar-refractivity contribution in [3.8, 4) is 5.69 Å². The predicted octanol–water partition coefficient (Wildman–Crippen LogP) is 2.43. The molecule has 0 saturated carbocycles. The van der Waals surface area contributed by atoms with Gasteiger partial charge in [-0.3, -0.25) is 4.90 Å². The lowest BCUT2D eigenvalue weighted by atomic mass is 10.2. The molecule has 144 valence electrons. The maximum atomic E-state index is 12.2. The highest BCUT2D eigenvalue weighted by molar-refractivity contribution is 7.80. The van der Waals surface area contributed by atoms with Gasteiger partial charge in [0.05, 0.1) is 31.4 Å². The third-order valence-electron chi connectivity index (χ3n) is 4.44. The molecule has 2 heterocycles. The number of thiocarbonyl (C=S) groups is 1. The number of amides is 1. The molecule has 28 heavy (non-hydrogen) atoms. The topological polar surface area (TPSA) is 85.9 Å². The van der Waals surface area contributed by atoms with E-state index in [2.05, 4.69) is 5.32 Å². The smallest absolute Gasteiger partial charge is 0.424 e. The average molecular weight is 399 g/mol. The summed E-state index contributed by atoms with van der Waals surface area (Å²) in [5.74, 6) is -0.463. The Balaban J connectivity index is 1.53. The van der Waals surface area contributed by atoms with Crippen molar-refractivity contribution in [1.82, 2.24) is 9.88 Å². The lowest BCUT2D eigenvalue weighted by Crippen LogP contribution is -2.34. The Bertz CT molecular complexity index is 1090. The van der Waals surface area contributed by atoms with Crippen LogP contribution in [0.4, 0.5) is 10.5 Å². The molecule has 0 bridgehead atoms. The number of fused-ring (bicyclic) bond motifs is 1. The number of nitrogens with zero attached hydrogens (tertiary/aromatic N) is 2. The second-order valence-electron chi connectivity index (χ2n) is 6.18. The molecule has 8 nitrogen and oxygen atoms in total. The van der Waals surface area contributed by atoms with Crippen LogP contribution in [-0.2, 0) is 9.47 Å². The lowest BCUT2D eigenvalue weighted by Gasteiger charge is -2.14. The molecule has 1 atom stereocenters. The van der Waals surface area contributed by atoms with Crippen molar-refractivity contribution < 1.29 is 18.7 Å². The molecule has 2 aromatic carbocycles. The number of carbonyl (C=O) groups is 1. The Morgan fingerprint density at radius 1 is 1.18 bits per heavy atom. The van der Waals surface area contributed by atoms with E-state index in [9.17, 15) is 9.59 Å². The van der Waals surface area contributed by atoms with E-state index in [4.69, 9.17) is 26.1 Å². The van der Waals surface area contributed by atoms with E-state index in [-0.39, 0.29) is 11.3 Å². The van der Waals surface area contributed by atoms with E-state index in [1.54, 1.807) is 30.3 Å². The number of benzene rings is 2. The highest BCUT2D eigenvalue weighted by Crippen LogP contribution is 2.24. The maximum Gasteiger partial charge on any atom is 0.424 e. The van der Waals surface area contributed by atoms with Gasteiger partial charge in [-0.2, -0.15) is 0 Å². The van der Waals surface area contributed by atoms with Crippen molar-refractivity contribution in [3.05, 3.63) is 59.1 Å². The molecular formula is C19H17N3O5S. The zero-order valence-corrected chi connectivity index (χ0v) is 15.8. The van der Waals surface area contributed by atoms with Crippen LogP contribution in [0.3, 0.4) is 0 Å². The Hall–Kier alpha value is -3.33. The predicted molar refractivity (Wildman–Crippen MR) is 107 cm³/mol. The quantitative estimate of drug-likeness (QED) is 0.675. The fourth-order valence-corrected chi connectivity index (χ4v) is 3.18. The first-order valence-electron chi connectivity index (χ1n) is 8.58. The number of ether oxygens (including phenoxy) is 2. The summed E-state index contributed by atoms with van der Waals surface area (Å²) >= 11 is 4.92. The molecule has 1 aliphatic heterocycles. The third-order valence-corrected chi connectivity index (χ3v) is 4.75. The van der Waals surface area contributed by atoms with Crippen LogP contribution in [-0.4, -0.2) is 42.1 Å². The molecule has 4 rings (SSSR count). The summed E-state index contributed by atoms with van der Waals surface area (Å²) in [7, 11) is 1.47. The monoisotopic (exact) mass is 399 g/mol. The van der Waals surface area contributed by atoms with Gasteiger partial charge in [0, 0.05) is 5.69 Å². The normalized spacial score (nSPS) is 16.2. The summed E-state index contributed by atoms with van der Waals surface area (Å²) in [6.45, 7) is 0.746. The van der Waals surface area contributed by atoms with Crippen molar-refractivity contribution in [3.63, 3.8) is 0 Å². The van der Waals surface area contributed by atoms with Crippen molar-refractivity contribution >= 4 is 40.3 Å². The first kappa shape index (κ1) is 18.1. The van der Waals surface area contributed by atoms with Crippen molar-refractivity contribution in [2.45, 2.75) is 6.10 Å². The Morgan fingerprint density at radius 3 is 2.64 bits per heavy atom. The summed E-state index contributed by atoms with van der Waals surface area (Å²) in [6, 6.07) is 14.3. The highest BCUT2D eigenvalue weighted by atomic mass is 32.1. The van der Waals surface area contributed by atoms with Gasteiger partial charge in [-0.05, 0) is 48.6 Å². The minimum absolute atomic E-state index is 0.247. The van der Waals surface area contributed by atoms with Crippen molar-refractivity contribution in [2.24, 2.45) is 0 Å². The summed E-state index contributed by atoms with van der Waals surface area (Å²) in [6.07, 6.45) is -0.783. The number of methoxy groups -OCH3 is 1. The van der Waals surface area contributed by atoms with Gasteiger partial charge in [0.15, 0.2) is 5.58 Å². The van der Waals surface area contributed by atoms with E-state index in [0.717, 1.165) is 0 Å². The van der Waals surface area contributed by atoms with Gasteiger partial charge in [-0.15, -0.1) is 0 Å². The molecule has 1 aromatic heterocycles. The van der Waals surface area contributed by atoms with Crippen LogP contribution in [0.5, 0.6) is 0 Å². The van der Waals surface area contributed by atoms with Gasteiger partial charge < -0.3 is 19.2 Å². The molecule has 1 aliphatic rings. The van der Waals surface area contributed by atoms with E-state index in [0.29, 0.717) is 35.6 Å². The minimum atomic E-state index is -0.463. The van der Waals surface area contributed by atoms with Crippen LogP contribution in [0.15, 0.2) is 57.7 Å². The molecule has 1 N–H and O–H groups in total. The number of anilines is 1. The van der Waals surface area contributed by atoms with E-state index < -0.39 is 11.8 Å². The first-order chi connectivity index (χ1) is 13.6. The standard InChI is InChI=1S/C19H17N3O5S/c1-25-17(28)20-10-14-11-21(18(23)26-14)12-6-8-13(9-7-12)22-15-4-2-3-5-16(15)27-19(22)24/h2-9,14H,10-11H2,1H3,(H,20,28). The molecule has 1 saturated heterocycles. The largest absolute Gasteiger partial charge is 0.474 e. The molecular weight excluding hydrogens is 382 g/mol. The number of rotatable bonds is 4. The Kier molecular flexibility index (Phi) is 4.74. The van der Waals surface area contributed by atoms with Gasteiger partial charge in [0.2, 0.25) is 0 Å². The summed E-state index contributed by atoms with van der Waals surface area (Å²) < 4.78 is 17.0. The number of carbonyl (C=O) groups excluding carboxylic acids is 1. The summed E-state index contributed by atoms with van der Waals surface area (Å²) in [5, 5.41) is 3.12. The van der Waals surface area contributed by atoms with Crippen molar-refractivity contribution in [2.75, 3.05) is 25.1 Å². The molecule has 0 aliphatic carbocycles. The number of oxazole rings is 1. The zero-order chi connectivity index (χ0) is 19.7. The highest BCUT2D eigenvalue weighted by Gasteiger charge is 2.32. The van der Waals surface area contributed by atoms with Gasteiger partial charge in [-0.25, -0.2) is 14.2 Å². The molecule has 1 fully saturated rings. The second kappa shape index (κ2) is 7.35. The van der Waals surface area contributed by atoms with Gasteiger partial charge in [-0.1, -0.05) is 12.1 Å². The van der Waals surface area contributed by atoms with Gasteiger partial charge in [0.25, 0.3) is 5.17 Å². The Labute approximate surface area is 165 Å². The number of hydrogen-bond donors (Lipinski definition) is 1. The van der Waals surface area contributed by atoms with Crippen LogP contribution in [0.25, 0.3) is 16.8 Å². The molecule has 0 radical (unpaired) electrons. The number of cyclic esters (lactones) is 1. The maximum absolute atomic E-state index is 12.2. The summed E-state index contributed by atoms with van der Waals surface area (Å²) in [4.78, 5) is 25.9. The SMILES string of the molecule is COC(=S)NCC1CN(c2ccc(-n3c(=O)oc4ccccc43)cc2)C(=O)O1. The molecule has 1 amide bonds. The third kappa shape index (κ3) is 3.31. The Morgan fingerprint density at radius 2 is 1.89 bits per heavy atom. The fourth-order valence-electron chi connectivity index (χ4n) is 3.10. The van der Waals surface area contributed by atoms with E-state index in [1.807, 2.05) is 18.2 Å². The van der Waals surface area contributed by atoms with Gasteiger partial charge in [0.1, 0.15) is 6.10 Å². The van der Waals surface area contributed by atoms with E-state index >= 15 is 0 Å². The lowest BCUT2D eigenvalue weighted by molar-refractivity contribution is 0.142. The van der Waals surface area contributed by atoms with Gasteiger partial charge >= 0.3 is 11.8 Å². The molecule has 1 unspecified atom stereocenters. The second-order valence-corrected chi connectivity index (χ2v) is 6.55. The average Bonchev–Trinajstić information content (AvgIpc) is 3.25. The molecule has 9 heteroatoms. The van der Waals surface area contributed by atoms with Crippen LogP contribution in [0.2, 0.25) is 0 Å². The number of nitrogens with one attached hydrogen (secondary N) is 1. The zero-order valence-electron chi connectivity index (χ0n) is 15.0. The molecule has 3 aromatic rings. The number of aromatic nitrogens is 1. The number of para-hydroxylation sites is 2.